The molecule has 3 N–H and O–H groups in total. The Labute approximate surface area is 264 Å². The molecule has 1 fully saturated rings. The van der Waals surface area contributed by atoms with Gasteiger partial charge in [-0.15, -0.1) is 0 Å². The number of amides is 3. The van der Waals surface area contributed by atoms with Gasteiger partial charge in [0.25, 0.3) is 5.91 Å². The Bertz CT molecular complexity index is 1820. The highest BCUT2D eigenvalue weighted by Gasteiger charge is 2.62. The summed E-state index contributed by atoms with van der Waals surface area (Å²) in [4.78, 5) is 40.9. The lowest BCUT2D eigenvalue weighted by atomic mass is 9.59. The first-order valence-electron chi connectivity index (χ1n) is 13.8. The molecule has 0 bridgehead atoms. The zero-order valence-corrected chi connectivity index (χ0v) is 26.6. The summed E-state index contributed by atoms with van der Waals surface area (Å²) in [6, 6.07) is 12.6. The van der Waals surface area contributed by atoms with Crippen LogP contribution in [-0.4, -0.2) is 37.5 Å². The highest BCUT2D eigenvalue weighted by atomic mass is 35.5. The standard InChI is InChI=1S/C31H30Cl2FN3O6S/c1-5-44(41,42)37-28(39)30(3,4)43-25-11-8-17(32)12-21(25)23-15-26(38)36-27(20-14-19(34)9-6-16(20)2)31(23)22-10-7-18(33)13-24(22)35-29(31)40/h6-14,23,27H,5,15H2,1-4H3,(H,35,40)(H,36,38)(H,37,39). The Hall–Kier alpha value is -3.67. The zero-order valence-electron chi connectivity index (χ0n) is 24.3. The Morgan fingerprint density at radius 3 is 2.45 bits per heavy atom. The normalized spacial score (nSPS) is 21.4. The van der Waals surface area contributed by atoms with Gasteiger partial charge in [0.2, 0.25) is 21.8 Å². The number of sulfonamides is 1. The molecule has 0 aliphatic carbocycles. The van der Waals surface area contributed by atoms with Gasteiger partial charge in [0, 0.05) is 33.6 Å². The molecule has 0 saturated carbocycles. The zero-order chi connectivity index (χ0) is 32.2. The molecule has 1 saturated heterocycles. The van der Waals surface area contributed by atoms with Crippen molar-refractivity contribution in [3.8, 4) is 5.75 Å². The van der Waals surface area contributed by atoms with E-state index in [9.17, 15) is 27.2 Å². The summed E-state index contributed by atoms with van der Waals surface area (Å²) in [5.74, 6) is -3.51. The summed E-state index contributed by atoms with van der Waals surface area (Å²) in [5.41, 5.74) is -0.952. The van der Waals surface area contributed by atoms with Gasteiger partial charge < -0.3 is 15.4 Å². The quantitative estimate of drug-likeness (QED) is 0.315. The number of rotatable bonds is 7. The van der Waals surface area contributed by atoms with Gasteiger partial charge in [-0.25, -0.2) is 17.5 Å². The molecule has 3 aromatic carbocycles. The number of nitrogens with one attached hydrogen (secondary N) is 3. The molecule has 9 nitrogen and oxygen atoms in total. The van der Waals surface area contributed by atoms with Gasteiger partial charge in [-0.1, -0.05) is 35.3 Å². The predicted octanol–water partition coefficient (Wildman–Crippen LogP) is 5.30. The van der Waals surface area contributed by atoms with E-state index in [2.05, 4.69) is 10.6 Å². The third kappa shape index (κ3) is 5.52. The van der Waals surface area contributed by atoms with Crippen LogP contribution in [0.15, 0.2) is 54.6 Å². The molecule has 3 atom stereocenters. The van der Waals surface area contributed by atoms with E-state index >= 15 is 0 Å². The largest absolute Gasteiger partial charge is 0.478 e. The summed E-state index contributed by atoms with van der Waals surface area (Å²) >= 11 is 12.8. The van der Waals surface area contributed by atoms with Crippen LogP contribution in [0.25, 0.3) is 0 Å². The van der Waals surface area contributed by atoms with Gasteiger partial charge in [-0.3, -0.25) is 14.4 Å². The van der Waals surface area contributed by atoms with Crippen LogP contribution in [0.1, 0.15) is 61.4 Å². The van der Waals surface area contributed by atoms with E-state index in [1.165, 1.54) is 45.0 Å². The summed E-state index contributed by atoms with van der Waals surface area (Å²) in [6.45, 7) is 5.94. The van der Waals surface area contributed by atoms with Gasteiger partial charge in [0.05, 0.1) is 11.8 Å². The number of aryl methyl sites for hydroxylation is 1. The minimum Gasteiger partial charge on any atom is -0.478 e. The van der Waals surface area contributed by atoms with E-state index in [1.54, 1.807) is 37.3 Å². The first-order valence-corrected chi connectivity index (χ1v) is 16.2. The molecule has 3 aromatic rings. The number of hydrogen-bond acceptors (Lipinski definition) is 6. The predicted molar refractivity (Wildman–Crippen MR) is 165 cm³/mol. The third-order valence-corrected chi connectivity index (χ3v) is 9.92. The van der Waals surface area contributed by atoms with Crippen LogP contribution in [0.2, 0.25) is 10.0 Å². The van der Waals surface area contributed by atoms with Crippen LogP contribution < -0.4 is 20.1 Å². The van der Waals surface area contributed by atoms with E-state index < -0.39 is 56.5 Å². The molecule has 232 valence electrons. The number of carbonyl (C=O) groups is 3. The number of anilines is 1. The molecule has 0 radical (unpaired) electrons. The number of piperidine rings is 1. The van der Waals surface area contributed by atoms with Gasteiger partial charge in [0.1, 0.15) is 17.0 Å². The molecule has 5 rings (SSSR count). The van der Waals surface area contributed by atoms with E-state index in [-0.39, 0.29) is 22.9 Å². The van der Waals surface area contributed by atoms with Crippen LogP contribution >= 0.6 is 23.2 Å². The van der Waals surface area contributed by atoms with Crippen LogP contribution in [0, 0.1) is 12.7 Å². The van der Waals surface area contributed by atoms with Gasteiger partial charge in [0.15, 0.2) is 5.60 Å². The fourth-order valence-electron chi connectivity index (χ4n) is 5.99. The Morgan fingerprint density at radius 1 is 1.07 bits per heavy atom. The molecule has 3 amide bonds. The van der Waals surface area contributed by atoms with Crippen molar-refractivity contribution in [2.24, 2.45) is 0 Å². The van der Waals surface area contributed by atoms with Crippen molar-refractivity contribution in [3.63, 3.8) is 0 Å². The topological polar surface area (TPSA) is 131 Å². The molecule has 2 heterocycles. The Balaban J connectivity index is 1.74. The van der Waals surface area contributed by atoms with E-state index in [0.717, 1.165) is 0 Å². The van der Waals surface area contributed by atoms with Crippen molar-refractivity contribution >= 4 is 56.6 Å². The first kappa shape index (κ1) is 31.7. The minimum absolute atomic E-state index is 0.104. The number of benzene rings is 3. The lowest BCUT2D eigenvalue weighted by Gasteiger charge is -2.47. The third-order valence-electron chi connectivity index (χ3n) is 8.19. The maximum atomic E-state index is 14.7. The second-order valence-electron chi connectivity index (χ2n) is 11.4. The van der Waals surface area contributed by atoms with Crippen molar-refractivity contribution in [1.82, 2.24) is 10.0 Å². The molecule has 3 unspecified atom stereocenters. The van der Waals surface area contributed by atoms with E-state index in [1.807, 2.05) is 4.72 Å². The van der Waals surface area contributed by atoms with Crippen molar-refractivity contribution in [2.45, 2.75) is 57.1 Å². The maximum absolute atomic E-state index is 14.7. The summed E-state index contributed by atoms with van der Waals surface area (Å²) in [5, 5.41) is 6.49. The number of halogens is 3. The monoisotopic (exact) mass is 661 g/mol. The van der Waals surface area contributed by atoms with Crippen LogP contribution in [-0.2, 0) is 29.8 Å². The molecule has 1 spiro atoms. The molecular formula is C31H30Cl2FN3O6S. The molecule has 13 heteroatoms. The average Bonchev–Trinajstić information content (AvgIpc) is 3.22. The summed E-state index contributed by atoms with van der Waals surface area (Å²) < 4.78 is 47.2. The second kappa shape index (κ2) is 11.4. The first-order chi connectivity index (χ1) is 20.6. The minimum atomic E-state index is -3.89. The molecular weight excluding hydrogens is 632 g/mol. The summed E-state index contributed by atoms with van der Waals surface area (Å²) in [6.07, 6.45) is -0.201. The summed E-state index contributed by atoms with van der Waals surface area (Å²) in [7, 11) is -3.89. The lowest BCUT2D eigenvalue weighted by Crippen LogP contribution is -2.57. The van der Waals surface area contributed by atoms with Crippen LogP contribution in [0.4, 0.5) is 10.1 Å². The van der Waals surface area contributed by atoms with Crippen molar-refractivity contribution in [2.75, 3.05) is 11.1 Å². The maximum Gasteiger partial charge on any atom is 0.277 e. The molecule has 2 aliphatic rings. The highest BCUT2D eigenvalue weighted by Crippen LogP contribution is 2.59. The van der Waals surface area contributed by atoms with E-state index in [4.69, 9.17) is 27.9 Å². The highest BCUT2D eigenvalue weighted by molar-refractivity contribution is 7.90. The SMILES string of the molecule is CCS(=O)(=O)NC(=O)C(C)(C)Oc1ccc(Cl)cc1C1CC(=O)NC(c2cc(F)ccc2C)C12C(=O)Nc1cc(Cl)ccc12. The second-order valence-corrected chi connectivity index (χ2v) is 14.3. The number of hydrogen-bond donors (Lipinski definition) is 3. The van der Waals surface area contributed by atoms with Crippen molar-refractivity contribution in [1.29, 1.82) is 0 Å². The molecule has 2 aliphatic heterocycles. The average molecular weight is 663 g/mol. The Morgan fingerprint density at radius 2 is 1.75 bits per heavy atom. The van der Waals surface area contributed by atoms with Crippen LogP contribution in [0.3, 0.4) is 0 Å². The number of fused-ring (bicyclic) bond motifs is 2. The van der Waals surface area contributed by atoms with Gasteiger partial charge in [-0.2, -0.15) is 0 Å². The fourth-order valence-corrected chi connectivity index (χ4v) is 7.01. The smallest absolute Gasteiger partial charge is 0.277 e. The van der Waals surface area contributed by atoms with Crippen molar-refractivity contribution < 1.29 is 31.9 Å². The number of carbonyl (C=O) groups excluding carboxylic acids is 3. The van der Waals surface area contributed by atoms with Crippen molar-refractivity contribution in [3.05, 3.63) is 92.7 Å². The van der Waals surface area contributed by atoms with E-state index in [0.29, 0.717) is 33.0 Å². The Kier molecular flexibility index (Phi) is 8.19. The number of ether oxygens (including phenoxy) is 1. The molecule has 0 aromatic heterocycles. The molecule has 44 heavy (non-hydrogen) atoms. The van der Waals surface area contributed by atoms with Gasteiger partial charge in [-0.05, 0) is 86.8 Å². The lowest BCUT2D eigenvalue weighted by molar-refractivity contribution is -0.133. The van der Waals surface area contributed by atoms with Crippen LogP contribution in [0.5, 0.6) is 5.75 Å². The van der Waals surface area contributed by atoms with Gasteiger partial charge >= 0.3 is 0 Å². The fraction of sp³-hybridized carbons (Fsp3) is 0.323.